The van der Waals surface area contributed by atoms with Gasteiger partial charge in [0.05, 0.1) is 6.54 Å². The van der Waals surface area contributed by atoms with E-state index >= 15 is 0 Å². The molecule has 2 heterocycles. The van der Waals surface area contributed by atoms with Gasteiger partial charge in [-0.25, -0.2) is 0 Å². The Morgan fingerprint density at radius 3 is 2.61 bits per heavy atom. The lowest BCUT2D eigenvalue weighted by molar-refractivity contribution is 0.150. The topological polar surface area (TPSA) is 28.4 Å². The summed E-state index contributed by atoms with van der Waals surface area (Å²) in [6.45, 7) is 11.0. The number of nitrogens with zero attached hydrogens (tertiary/aromatic N) is 1. The predicted octanol–water partition coefficient (Wildman–Crippen LogP) is 2.80. The van der Waals surface area contributed by atoms with Crippen LogP contribution in [0.15, 0.2) is 16.5 Å². The van der Waals surface area contributed by atoms with Crippen LogP contribution in [-0.2, 0) is 6.54 Å². The summed E-state index contributed by atoms with van der Waals surface area (Å²) in [4.78, 5) is 2.54. The Balaban J connectivity index is 1.90. The third kappa shape index (κ3) is 3.85. The molecule has 0 amide bonds. The number of hydrogen-bond donors (Lipinski definition) is 1. The van der Waals surface area contributed by atoms with Crippen molar-refractivity contribution in [3.63, 3.8) is 0 Å². The summed E-state index contributed by atoms with van der Waals surface area (Å²) >= 11 is 0. The summed E-state index contributed by atoms with van der Waals surface area (Å²) in [6.07, 6.45) is 2.61. The SMILES string of the molecule is Cc1ccc(CN(CC2CCNCC2)C(C)C)o1. The molecule has 102 valence electrons. The van der Waals surface area contributed by atoms with E-state index in [2.05, 4.69) is 36.2 Å². The number of furan rings is 1. The molecule has 0 saturated carbocycles. The van der Waals surface area contributed by atoms with Crippen molar-refractivity contribution >= 4 is 0 Å². The molecular weight excluding hydrogens is 224 g/mol. The molecule has 3 heteroatoms. The highest BCUT2D eigenvalue weighted by atomic mass is 16.3. The van der Waals surface area contributed by atoms with Crippen LogP contribution in [0.3, 0.4) is 0 Å². The van der Waals surface area contributed by atoms with E-state index in [1.165, 1.54) is 32.5 Å². The Morgan fingerprint density at radius 2 is 2.06 bits per heavy atom. The highest BCUT2D eigenvalue weighted by molar-refractivity contribution is 5.05. The lowest BCUT2D eigenvalue weighted by Gasteiger charge is -2.32. The van der Waals surface area contributed by atoms with Crippen LogP contribution in [0.25, 0.3) is 0 Å². The van der Waals surface area contributed by atoms with E-state index in [4.69, 9.17) is 4.42 Å². The molecule has 0 aliphatic carbocycles. The molecule has 1 saturated heterocycles. The molecule has 0 unspecified atom stereocenters. The Kier molecular flexibility index (Phi) is 4.84. The summed E-state index contributed by atoms with van der Waals surface area (Å²) in [5.41, 5.74) is 0. The maximum absolute atomic E-state index is 5.70. The molecule has 0 spiro atoms. The molecule has 1 N–H and O–H groups in total. The quantitative estimate of drug-likeness (QED) is 0.871. The van der Waals surface area contributed by atoms with Gasteiger partial charge in [-0.3, -0.25) is 4.90 Å². The fourth-order valence-corrected chi connectivity index (χ4v) is 2.62. The van der Waals surface area contributed by atoms with Gasteiger partial charge in [0.1, 0.15) is 11.5 Å². The Bertz CT molecular complexity index is 353. The lowest BCUT2D eigenvalue weighted by atomic mass is 9.97. The third-order valence-electron chi connectivity index (χ3n) is 3.84. The number of hydrogen-bond acceptors (Lipinski definition) is 3. The Hall–Kier alpha value is -0.800. The fraction of sp³-hybridized carbons (Fsp3) is 0.733. The summed E-state index contributed by atoms with van der Waals surface area (Å²) in [7, 11) is 0. The van der Waals surface area contributed by atoms with Crippen LogP contribution in [0.1, 0.15) is 38.2 Å². The van der Waals surface area contributed by atoms with Crippen molar-refractivity contribution in [1.29, 1.82) is 0 Å². The standard InChI is InChI=1S/C15H26N2O/c1-12(2)17(10-14-6-8-16-9-7-14)11-15-5-4-13(3)18-15/h4-5,12,14,16H,6-11H2,1-3H3. The predicted molar refractivity (Wildman–Crippen MR) is 74.6 cm³/mol. The molecule has 3 nitrogen and oxygen atoms in total. The molecule has 18 heavy (non-hydrogen) atoms. The average Bonchev–Trinajstić information content (AvgIpc) is 2.75. The molecule has 0 radical (unpaired) electrons. The maximum atomic E-state index is 5.70. The van der Waals surface area contributed by atoms with Gasteiger partial charge in [-0.05, 0) is 64.8 Å². The minimum atomic E-state index is 0.574. The minimum Gasteiger partial charge on any atom is -0.465 e. The molecule has 1 fully saturated rings. The zero-order valence-electron chi connectivity index (χ0n) is 11.9. The molecule has 1 aliphatic rings. The largest absolute Gasteiger partial charge is 0.465 e. The van der Waals surface area contributed by atoms with Gasteiger partial charge in [0.15, 0.2) is 0 Å². The number of nitrogens with one attached hydrogen (secondary N) is 1. The van der Waals surface area contributed by atoms with E-state index in [1.807, 2.05) is 6.92 Å². The second-order valence-corrected chi connectivity index (χ2v) is 5.73. The van der Waals surface area contributed by atoms with Crippen LogP contribution in [0.5, 0.6) is 0 Å². The van der Waals surface area contributed by atoms with Gasteiger partial charge >= 0.3 is 0 Å². The van der Waals surface area contributed by atoms with Gasteiger partial charge in [-0.15, -0.1) is 0 Å². The summed E-state index contributed by atoms with van der Waals surface area (Å²) < 4.78 is 5.70. The van der Waals surface area contributed by atoms with Crippen molar-refractivity contribution in [2.75, 3.05) is 19.6 Å². The van der Waals surface area contributed by atoms with Crippen molar-refractivity contribution in [3.8, 4) is 0 Å². The highest BCUT2D eigenvalue weighted by Gasteiger charge is 2.19. The molecule has 0 bridgehead atoms. The van der Waals surface area contributed by atoms with Crippen molar-refractivity contribution in [2.45, 2.75) is 46.2 Å². The highest BCUT2D eigenvalue weighted by Crippen LogP contribution is 2.18. The monoisotopic (exact) mass is 250 g/mol. The van der Waals surface area contributed by atoms with Gasteiger partial charge in [0.2, 0.25) is 0 Å². The zero-order valence-corrected chi connectivity index (χ0v) is 11.9. The first-order chi connectivity index (χ1) is 8.65. The maximum Gasteiger partial charge on any atom is 0.118 e. The van der Waals surface area contributed by atoms with Crippen LogP contribution in [0.4, 0.5) is 0 Å². The smallest absolute Gasteiger partial charge is 0.118 e. The molecular formula is C15H26N2O. The van der Waals surface area contributed by atoms with Crippen LogP contribution in [0, 0.1) is 12.8 Å². The molecule has 0 aromatic carbocycles. The molecule has 1 aliphatic heterocycles. The second kappa shape index (κ2) is 6.39. The number of aryl methyl sites for hydroxylation is 1. The van der Waals surface area contributed by atoms with Crippen LogP contribution < -0.4 is 5.32 Å². The van der Waals surface area contributed by atoms with Gasteiger partial charge in [-0.2, -0.15) is 0 Å². The van der Waals surface area contributed by atoms with Gasteiger partial charge in [0.25, 0.3) is 0 Å². The van der Waals surface area contributed by atoms with Crippen LogP contribution in [-0.4, -0.2) is 30.6 Å². The number of piperidine rings is 1. The van der Waals surface area contributed by atoms with Crippen LogP contribution >= 0.6 is 0 Å². The summed E-state index contributed by atoms with van der Waals surface area (Å²) in [5.74, 6) is 2.94. The van der Waals surface area contributed by atoms with E-state index in [0.29, 0.717) is 6.04 Å². The lowest BCUT2D eigenvalue weighted by Crippen LogP contribution is -2.39. The second-order valence-electron chi connectivity index (χ2n) is 5.73. The van der Waals surface area contributed by atoms with E-state index < -0.39 is 0 Å². The van der Waals surface area contributed by atoms with Gasteiger partial charge < -0.3 is 9.73 Å². The van der Waals surface area contributed by atoms with E-state index in [1.54, 1.807) is 0 Å². The minimum absolute atomic E-state index is 0.574. The fourth-order valence-electron chi connectivity index (χ4n) is 2.62. The zero-order chi connectivity index (χ0) is 13.0. The number of rotatable bonds is 5. The normalized spacial score (nSPS) is 17.8. The van der Waals surface area contributed by atoms with Crippen molar-refractivity contribution in [2.24, 2.45) is 5.92 Å². The third-order valence-corrected chi connectivity index (χ3v) is 3.84. The molecule has 0 atom stereocenters. The first-order valence-electron chi connectivity index (χ1n) is 7.15. The average molecular weight is 250 g/mol. The molecule has 2 rings (SSSR count). The van der Waals surface area contributed by atoms with Crippen molar-refractivity contribution in [1.82, 2.24) is 10.2 Å². The first kappa shape index (κ1) is 13.6. The van der Waals surface area contributed by atoms with Gasteiger partial charge in [0, 0.05) is 12.6 Å². The van der Waals surface area contributed by atoms with Crippen molar-refractivity contribution in [3.05, 3.63) is 23.7 Å². The van der Waals surface area contributed by atoms with E-state index in [0.717, 1.165) is 24.0 Å². The summed E-state index contributed by atoms with van der Waals surface area (Å²) in [5, 5.41) is 3.43. The van der Waals surface area contributed by atoms with Gasteiger partial charge in [-0.1, -0.05) is 0 Å². The molecule has 1 aromatic heterocycles. The Morgan fingerprint density at radius 1 is 1.33 bits per heavy atom. The first-order valence-corrected chi connectivity index (χ1v) is 7.15. The molecule has 1 aromatic rings. The summed E-state index contributed by atoms with van der Waals surface area (Å²) in [6, 6.07) is 4.73. The van der Waals surface area contributed by atoms with E-state index in [-0.39, 0.29) is 0 Å². The van der Waals surface area contributed by atoms with E-state index in [9.17, 15) is 0 Å². The van der Waals surface area contributed by atoms with Crippen molar-refractivity contribution < 1.29 is 4.42 Å². The Labute approximate surface area is 111 Å². The van der Waals surface area contributed by atoms with Crippen LogP contribution in [0.2, 0.25) is 0 Å².